The number of non-ortho nitro benzene ring substituents is 1. The quantitative estimate of drug-likeness (QED) is 0.351. The Balaban J connectivity index is 1.98. The minimum Gasteiger partial charge on any atom is -0.480 e. The molecule has 8 nitrogen and oxygen atoms in total. The highest BCUT2D eigenvalue weighted by Gasteiger charge is 2.20. The van der Waals surface area contributed by atoms with E-state index in [1.165, 1.54) is 24.3 Å². The van der Waals surface area contributed by atoms with Gasteiger partial charge in [0.2, 0.25) is 0 Å². The molecule has 0 heterocycles. The maximum absolute atomic E-state index is 12.0. The van der Waals surface area contributed by atoms with E-state index in [4.69, 9.17) is 0 Å². The zero-order valence-electron chi connectivity index (χ0n) is 12.8. The van der Waals surface area contributed by atoms with Crippen molar-refractivity contribution < 1.29 is 19.6 Å². The Labute approximate surface area is 156 Å². The van der Waals surface area contributed by atoms with E-state index in [0.717, 1.165) is 9.13 Å². The summed E-state index contributed by atoms with van der Waals surface area (Å²) in [5.74, 6) is -1.16. The summed E-state index contributed by atoms with van der Waals surface area (Å²) in [7, 11) is 0. The number of benzene rings is 2. The first kappa shape index (κ1) is 18.6. The average Bonchev–Trinajstić information content (AvgIpc) is 2.56. The van der Waals surface area contributed by atoms with Crippen molar-refractivity contribution in [2.45, 2.75) is 12.5 Å². The van der Waals surface area contributed by atoms with Crippen LogP contribution in [0.25, 0.3) is 0 Å². The molecule has 0 saturated carbocycles. The summed E-state index contributed by atoms with van der Waals surface area (Å²) in [5.41, 5.74) is 0.998. The summed E-state index contributed by atoms with van der Waals surface area (Å²) in [4.78, 5) is 33.4. The Kier molecular flexibility index (Phi) is 6.28. The molecule has 1 atom stereocenters. The van der Waals surface area contributed by atoms with E-state index in [2.05, 4.69) is 33.2 Å². The number of aliphatic carboxylic acids is 1. The Morgan fingerprint density at radius 3 is 2.24 bits per heavy atom. The number of urea groups is 1. The number of carboxylic acid groups (broad SMARTS) is 1. The monoisotopic (exact) mass is 455 g/mol. The standard InChI is InChI=1S/C16H14IN3O5/c17-11-3-1-10(2-4-11)9-14(15(21)22)19-16(23)18-12-5-7-13(8-6-12)20(24)25/h1-8,14H,9H2,(H,21,22)(H2,18,19,23)/t14-/m0/s1. The van der Waals surface area contributed by atoms with Gasteiger partial charge in [-0.1, -0.05) is 12.1 Å². The second-order valence-electron chi connectivity index (χ2n) is 5.12. The number of halogens is 1. The molecule has 2 rings (SSSR count). The molecule has 0 fully saturated rings. The molecule has 130 valence electrons. The normalized spacial score (nSPS) is 11.4. The van der Waals surface area contributed by atoms with Crippen LogP contribution in [0.2, 0.25) is 0 Å². The lowest BCUT2D eigenvalue weighted by Crippen LogP contribution is -2.44. The van der Waals surface area contributed by atoms with E-state index in [0.29, 0.717) is 5.69 Å². The number of carbonyl (C=O) groups excluding carboxylic acids is 1. The molecular weight excluding hydrogens is 441 g/mol. The molecule has 0 aliphatic rings. The van der Waals surface area contributed by atoms with Crippen LogP contribution in [0.4, 0.5) is 16.2 Å². The number of anilines is 1. The third-order valence-electron chi connectivity index (χ3n) is 3.29. The summed E-state index contributed by atoms with van der Waals surface area (Å²) >= 11 is 2.14. The lowest BCUT2D eigenvalue weighted by molar-refractivity contribution is -0.384. The average molecular weight is 455 g/mol. The van der Waals surface area contributed by atoms with Crippen molar-refractivity contribution in [1.29, 1.82) is 0 Å². The first-order chi connectivity index (χ1) is 11.8. The highest BCUT2D eigenvalue weighted by molar-refractivity contribution is 14.1. The van der Waals surface area contributed by atoms with E-state index in [1.54, 1.807) is 12.1 Å². The molecule has 0 bridgehead atoms. The zero-order chi connectivity index (χ0) is 18.4. The second-order valence-corrected chi connectivity index (χ2v) is 6.37. The number of carboxylic acids is 1. The summed E-state index contributed by atoms with van der Waals surface area (Å²) in [5, 5.41) is 24.7. The number of nitro benzene ring substituents is 1. The van der Waals surface area contributed by atoms with Gasteiger partial charge in [0, 0.05) is 27.8 Å². The van der Waals surface area contributed by atoms with Gasteiger partial charge in [-0.05, 0) is 52.4 Å². The van der Waals surface area contributed by atoms with Gasteiger partial charge < -0.3 is 15.7 Å². The lowest BCUT2D eigenvalue weighted by atomic mass is 10.1. The number of hydrogen-bond donors (Lipinski definition) is 3. The van der Waals surface area contributed by atoms with Gasteiger partial charge in [0.15, 0.2) is 0 Å². The van der Waals surface area contributed by atoms with E-state index < -0.39 is 23.0 Å². The molecule has 0 aliphatic heterocycles. The predicted octanol–water partition coefficient (Wildman–Crippen LogP) is 3.02. The van der Waals surface area contributed by atoms with E-state index in [-0.39, 0.29) is 12.1 Å². The van der Waals surface area contributed by atoms with E-state index >= 15 is 0 Å². The second kappa shape index (κ2) is 8.42. The maximum atomic E-state index is 12.0. The van der Waals surface area contributed by atoms with Gasteiger partial charge in [0.25, 0.3) is 5.69 Å². The van der Waals surface area contributed by atoms with Gasteiger partial charge in [-0.15, -0.1) is 0 Å². The van der Waals surface area contributed by atoms with Crippen LogP contribution >= 0.6 is 22.6 Å². The van der Waals surface area contributed by atoms with E-state index in [1.807, 2.05) is 12.1 Å². The van der Waals surface area contributed by atoms with Crippen LogP contribution in [0.5, 0.6) is 0 Å². The molecule has 0 aliphatic carbocycles. The molecular formula is C16H14IN3O5. The molecule has 0 unspecified atom stereocenters. The predicted molar refractivity (Wildman–Crippen MR) is 99.5 cm³/mol. The van der Waals surface area contributed by atoms with Crippen molar-refractivity contribution >= 4 is 46.0 Å². The van der Waals surface area contributed by atoms with Gasteiger partial charge in [-0.3, -0.25) is 10.1 Å². The van der Waals surface area contributed by atoms with Crippen LogP contribution in [-0.2, 0) is 11.2 Å². The molecule has 0 aromatic heterocycles. The maximum Gasteiger partial charge on any atom is 0.326 e. The Morgan fingerprint density at radius 1 is 1.12 bits per heavy atom. The van der Waals surface area contributed by atoms with Gasteiger partial charge >= 0.3 is 12.0 Å². The van der Waals surface area contributed by atoms with Crippen LogP contribution in [0.15, 0.2) is 48.5 Å². The first-order valence-corrected chi connectivity index (χ1v) is 8.22. The Morgan fingerprint density at radius 2 is 1.72 bits per heavy atom. The fraction of sp³-hybridized carbons (Fsp3) is 0.125. The van der Waals surface area contributed by atoms with Crippen molar-refractivity contribution in [3.8, 4) is 0 Å². The third-order valence-corrected chi connectivity index (χ3v) is 4.01. The fourth-order valence-corrected chi connectivity index (χ4v) is 2.41. The number of nitro groups is 1. The minimum atomic E-state index is -1.16. The number of carbonyl (C=O) groups is 2. The SMILES string of the molecule is O=C(Nc1ccc([N+](=O)[O-])cc1)N[C@@H](Cc1ccc(I)cc1)C(=O)O. The molecule has 25 heavy (non-hydrogen) atoms. The summed E-state index contributed by atoms with van der Waals surface area (Å²) in [6.45, 7) is 0. The number of rotatable bonds is 6. The third kappa shape index (κ3) is 5.71. The van der Waals surface area contributed by atoms with Crippen molar-refractivity contribution in [2.75, 3.05) is 5.32 Å². The molecule has 0 radical (unpaired) electrons. The smallest absolute Gasteiger partial charge is 0.326 e. The molecule has 9 heteroatoms. The molecule has 0 saturated heterocycles. The number of nitrogens with one attached hydrogen (secondary N) is 2. The molecule has 2 aromatic rings. The number of nitrogens with zero attached hydrogens (tertiary/aromatic N) is 1. The lowest BCUT2D eigenvalue weighted by Gasteiger charge is -2.15. The van der Waals surface area contributed by atoms with Gasteiger partial charge in [-0.25, -0.2) is 9.59 Å². The van der Waals surface area contributed by atoms with Crippen LogP contribution < -0.4 is 10.6 Å². The fourth-order valence-electron chi connectivity index (χ4n) is 2.05. The van der Waals surface area contributed by atoms with Gasteiger partial charge in [0.05, 0.1) is 4.92 Å². The van der Waals surface area contributed by atoms with Crippen LogP contribution in [0.1, 0.15) is 5.56 Å². The topological polar surface area (TPSA) is 122 Å². The molecule has 2 amide bonds. The summed E-state index contributed by atoms with van der Waals surface area (Å²) < 4.78 is 1.03. The van der Waals surface area contributed by atoms with Gasteiger partial charge in [0.1, 0.15) is 6.04 Å². The number of amides is 2. The van der Waals surface area contributed by atoms with Crippen molar-refractivity contribution in [2.24, 2.45) is 0 Å². The van der Waals surface area contributed by atoms with Crippen molar-refractivity contribution in [3.05, 3.63) is 67.8 Å². The van der Waals surface area contributed by atoms with Crippen molar-refractivity contribution in [1.82, 2.24) is 5.32 Å². The molecule has 0 spiro atoms. The van der Waals surface area contributed by atoms with Crippen LogP contribution in [-0.4, -0.2) is 28.1 Å². The van der Waals surface area contributed by atoms with E-state index in [9.17, 15) is 24.8 Å². The highest BCUT2D eigenvalue weighted by Crippen LogP contribution is 2.15. The number of hydrogen-bond acceptors (Lipinski definition) is 4. The molecule has 2 aromatic carbocycles. The first-order valence-electron chi connectivity index (χ1n) is 7.14. The minimum absolute atomic E-state index is 0.104. The Hall–Kier alpha value is -2.69. The summed E-state index contributed by atoms with van der Waals surface area (Å²) in [6.07, 6.45) is 0.139. The van der Waals surface area contributed by atoms with Gasteiger partial charge in [-0.2, -0.15) is 0 Å². The van der Waals surface area contributed by atoms with Crippen LogP contribution in [0.3, 0.4) is 0 Å². The Bertz CT molecular complexity index is 777. The van der Waals surface area contributed by atoms with Crippen LogP contribution in [0, 0.1) is 13.7 Å². The molecule has 3 N–H and O–H groups in total. The highest BCUT2D eigenvalue weighted by atomic mass is 127. The largest absolute Gasteiger partial charge is 0.480 e. The zero-order valence-corrected chi connectivity index (χ0v) is 15.0. The summed E-state index contributed by atoms with van der Waals surface area (Å²) in [6, 6.07) is 10.7. The van der Waals surface area contributed by atoms with Crippen molar-refractivity contribution in [3.63, 3.8) is 0 Å².